The predicted octanol–water partition coefficient (Wildman–Crippen LogP) is 4.92. The van der Waals surface area contributed by atoms with Crippen molar-refractivity contribution in [2.75, 3.05) is 13.2 Å². The Labute approximate surface area is 147 Å². The zero-order chi connectivity index (χ0) is 17.6. The number of fused-ring (bicyclic) bond motifs is 1. The second-order valence-electron chi connectivity index (χ2n) is 5.61. The molecule has 0 fully saturated rings. The Morgan fingerprint density at radius 1 is 1.04 bits per heavy atom. The third-order valence-corrected chi connectivity index (χ3v) is 3.90. The number of aromatic amines is 1. The quantitative estimate of drug-likeness (QED) is 0.595. The van der Waals surface area contributed by atoms with Crippen molar-refractivity contribution in [2.24, 2.45) is 0 Å². The standard InChI is InChI=1S/C21H22N2O2/c1-4-11-24-19-14-20(25-12-5-2)16(13-15(19)6-3)21-22-17-9-7-8-10-18(17)23-21/h4-5,7-10,13-14H,1-2,6,11-12H2,3H3,(H,22,23). The molecule has 25 heavy (non-hydrogen) atoms. The monoisotopic (exact) mass is 334 g/mol. The van der Waals surface area contributed by atoms with Crippen LogP contribution in [0.15, 0.2) is 61.7 Å². The molecule has 0 saturated carbocycles. The van der Waals surface area contributed by atoms with Gasteiger partial charge in [0, 0.05) is 6.07 Å². The van der Waals surface area contributed by atoms with Crippen molar-refractivity contribution in [3.63, 3.8) is 0 Å². The minimum atomic E-state index is 0.416. The van der Waals surface area contributed by atoms with Crippen LogP contribution in [-0.2, 0) is 6.42 Å². The number of rotatable bonds is 8. The van der Waals surface area contributed by atoms with Gasteiger partial charge in [0.1, 0.15) is 30.5 Å². The van der Waals surface area contributed by atoms with Crippen LogP contribution in [0, 0.1) is 0 Å². The van der Waals surface area contributed by atoms with Gasteiger partial charge in [-0.2, -0.15) is 0 Å². The molecule has 0 aliphatic heterocycles. The molecule has 3 aromatic rings. The molecule has 2 aromatic carbocycles. The lowest BCUT2D eigenvalue weighted by Gasteiger charge is -2.15. The first-order valence-corrected chi connectivity index (χ1v) is 8.36. The van der Waals surface area contributed by atoms with Gasteiger partial charge in [0.25, 0.3) is 0 Å². The molecule has 1 heterocycles. The Hall–Kier alpha value is -3.01. The van der Waals surface area contributed by atoms with Crippen LogP contribution in [0.25, 0.3) is 22.4 Å². The minimum Gasteiger partial charge on any atom is -0.489 e. The first kappa shape index (κ1) is 16.8. The molecule has 0 radical (unpaired) electrons. The average molecular weight is 334 g/mol. The second kappa shape index (κ2) is 7.71. The Kier molecular flexibility index (Phi) is 5.19. The molecular formula is C21H22N2O2. The largest absolute Gasteiger partial charge is 0.489 e. The van der Waals surface area contributed by atoms with E-state index in [9.17, 15) is 0 Å². The Balaban J connectivity index is 2.11. The van der Waals surface area contributed by atoms with Gasteiger partial charge in [-0.1, -0.05) is 44.4 Å². The normalized spacial score (nSPS) is 10.6. The summed E-state index contributed by atoms with van der Waals surface area (Å²) in [7, 11) is 0. The van der Waals surface area contributed by atoms with Crippen LogP contribution in [0.4, 0.5) is 0 Å². The van der Waals surface area contributed by atoms with Gasteiger partial charge in [-0.05, 0) is 30.2 Å². The highest BCUT2D eigenvalue weighted by molar-refractivity contribution is 5.81. The zero-order valence-corrected chi connectivity index (χ0v) is 14.4. The number of hydrogen-bond donors (Lipinski definition) is 1. The maximum absolute atomic E-state index is 5.87. The summed E-state index contributed by atoms with van der Waals surface area (Å²) in [5.74, 6) is 2.31. The van der Waals surface area contributed by atoms with Crippen LogP contribution >= 0.6 is 0 Å². The molecule has 0 unspecified atom stereocenters. The molecule has 4 heteroatoms. The number of nitrogens with zero attached hydrogens (tertiary/aromatic N) is 1. The molecule has 128 valence electrons. The summed E-state index contributed by atoms with van der Waals surface area (Å²) in [6.07, 6.45) is 4.30. The molecular weight excluding hydrogens is 312 g/mol. The molecule has 0 spiro atoms. The van der Waals surface area contributed by atoms with Crippen molar-refractivity contribution in [1.29, 1.82) is 0 Å². The number of H-pyrrole nitrogens is 1. The lowest BCUT2D eigenvalue weighted by molar-refractivity contribution is 0.343. The summed E-state index contributed by atoms with van der Waals surface area (Å²) in [6, 6.07) is 12.0. The van der Waals surface area contributed by atoms with Crippen molar-refractivity contribution in [3.05, 3.63) is 67.3 Å². The van der Waals surface area contributed by atoms with E-state index in [4.69, 9.17) is 14.5 Å². The van der Waals surface area contributed by atoms with Crippen LogP contribution < -0.4 is 9.47 Å². The third kappa shape index (κ3) is 3.58. The number of para-hydroxylation sites is 2. The number of imidazole rings is 1. The van der Waals surface area contributed by atoms with Gasteiger partial charge in [-0.3, -0.25) is 0 Å². The van der Waals surface area contributed by atoms with Crippen molar-refractivity contribution >= 4 is 11.0 Å². The molecule has 1 N–H and O–H groups in total. The lowest BCUT2D eigenvalue weighted by atomic mass is 10.1. The van der Waals surface area contributed by atoms with E-state index in [1.807, 2.05) is 30.3 Å². The van der Waals surface area contributed by atoms with Gasteiger partial charge in [-0.25, -0.2) is 4.98 Å². The summed E-state index contributed by atoms with van der Waals surface area (Å²) in [5.41, 5.74) is 3.94. The molecule has 0 aliphatic rings. The van der Waals surface area contributed by atoms with E-state index in [1.54, 1.807) is 12.2 Å². The molecule has 0 atom stereocenters. The number of aromatic nitrogens is 2. The fraction of sp³-hybridized carbons (Fsp3) is 0.190. The Morgan fingerprint density at radius 3 is 2.44 bits per heavy atom. The number of benzene rings is 2. The Bertz CT molecular complexity index is 863. The van der Waals surface area contributed by atoms with Crippen LogP contribution in [0.2, 0.25) is 0 Å². The maximum Gasteiger partial charge on any atom is 0.142 e. The van der Waals surface area contributed by atoms with E-state index in [0.29, 0.717) is 13.2 Å². The van der Waals surface area contributed by atoms with E-state index in [2.05, 4.69) is 31.1 Å². The molecule has 3 rings (SSSR count). The van der Waals surface area contributed by atoms with Crippen molar-refractivity contribution < 1.29 is 9.47 Å². The number of aryl methyl sites for hydroxylation is 1. The molecule has 1 aromatic heterocycles. The van der Waals surface area contributed by atoms with Crippen molar-refractivity contribution in [2.45, 2.75) is 13.3 Å². The number of nitrogens with one attached hydrogen (secondary N) is 1. The van der Waals surface area contributed by atoms with Gasteiger partial charge >= 0.3 is 0 Å². The summed E-state index contributed by atoms with van der Waals surface area (Å²) < 4.78 is 11.7. The van der Waals surface area contributed by atoms with Crippen molar-refractivity contribution in [1.82, 2.24) is 9.97 Å². The predicted molar refractivity (Wildman–Crippen MR) is 102 cm³/mol. The summed E-state index contributed by atoms with van der Waals surface area (Å²) in [4.78, 5) is 8.07. The summed E-state index contributed by atoms with van der Waals surface area (Å²) >= 11 is 0. The topological polar surface area (TPSA) is 47.1 Å². The zero-order valence-electron chi connectivity index (χ0n) is 14.4. The van der Waals surface area contributed by atoms with Gasteiger partial charge in [0.2, 0.25) is 0 Å². The smallest absolute Gasteiger partial charge is 0.142 e. The fourth-order valence-electron chi connectivity index (χ4n) is 2.70. The van der Waals surface area contributed by atoms with E-state index in [-0.39, 0.29) is 0 Å². The fourth-order valence-corrected chi connectivity index (χ4v) is 2.70. The van der Waals surface area contributed by atoms with Crippen LogP contribution in [0.1, 0.15) is 12.5 Å². The highest BCUT2D eigenvalue weighted by Crippen LogP contribution is 2.36. The van der Waals surface area contributed by atoms with E-state index < -0.39 is 0 Å². The van der Waals surface area contributed by atoms with Crippen LogP contribution in [-0.4, -0.2) is 23.2 Å². The lowest BCUT2D eigenvalue weighted by Crippen LogP contribution is -2.01. The highest BCUT2D eigenvalue weighted by atomic mass is 16.5. The molecule has 0 saturated heterocycles. The number of hydrogen-bond acceptors (Lipinski definition) is 3. The van der Waals surface area contributed by atoms with E-state index in [0.717, 1.165) is 45.9 Å². The van der Waals surface area contributed by atoms with E-state index >= 15 is 0 Å². The molecule has 4 nitrogen and oxygen atoms in total. The summed E-state index contributed by atoms with van der Waals surface area (Å²) in [6.45, 7) is 10.4. The molecule has 0 bridgehead atoms. The SMILES string of the molecule is C=CCOc1cc(OCC=C)c(-c2nc3ccccc3[nH]2)cc1CC. The second-order valence-corrected chi connectivity index (χ2v) is 5.61. The van der Waals surface area contributed by atoms with Gasteiger partial charge in [-0.15, -0.1) is 0 Å². The first-order valence-electron chi connectivity index (χ1n) is 8.36. The third-order valence-electron chi connectivity index (χ3n) is 3.90. The number of ether oxygens (including phenoxy) is 2. The maximum atomic E-state index is 5.87. The Morgan fingerprint density at radius 2 is 1.76 bits per heavy atom. The summed E-state index contributed by atoms with van der Waals surface area (Å²) in [5, 5.41) is 0. The van der Waals surface area contributed by atoms with Gasteiger partial charge in [0.15, 0.2) is 0 Å². The average Bonchev–Trinajstić information content (AvgIpc) is 3.08. The van der Waals surface area contributed by atoms with Crippen molar-refractivity contribution in [3.8, 4) is 22.9 Å². The highest BCUT2D eigenvalue weighted by Gasteiger charge is 2.15. The first-order chi connectivity index (χ1) is 12.3. The van der Waals surface area contributed by atoms with Crippen LogP contribution in [0.5, 0.6) is 11.5 Å². The minimum absolute atomic E-state index is 0.416. The van der Waals surface area contributed by atoms with Crippen LogP contribution in [0.3, 0.4) is 0 Å². The van der Waals surface area contributed by atoms with E-state index in [1.165, 1.54) is 0 Å². The molecule has 0 aliphatic carbocycles. The van der Waals surface area contributed by atoms with Gasteiger partial charge in [0.05, 0.1) is 16.6 Å². The molecule has 0 amide bonds. The van der Waals surface area contributed by atoms with Gasteiger partial charge < -0.3 is 14.5 Å².